The minimum absolute atomic E-state index is 0.128. The van der Waals surface area contributed by atoms with E-state index in [-0.39, 0.29) is 6.10 Å². The highest BCUT2D eigenvalue weighted by Crippen LogP contribution is 2.42. The van der Waals surface area contributed by atoms with E-state index in [0.29, 0.717) is 17.5 Å². The van der Waals surface area contributed by atoms with E-state index in [9.17, 15) is 0 Å². The number of halogens is 2. The highest BCUT2D eigenvalue weighted by atomic mass is 127. The van der Waals surface area contributed by atoms with E-state index in [1.54, 1.807) is 7.11 Å². The third-order valence-corrected chi connectivity index (χ3v) is 4.38. The first-order valence-electron chi connectivity index (χ1n) is 5.36. The van der Waals surface area contributed by atoms with E-state index >= 15 is 0 Å². The molecule has 5 heteroatoms. The maximum Gasteiger partial charge on any atom is 0.146 e. The van der Waals surface area contributed by atoms with Gasteiger partial charge in [-0.2, -0.15) is 0 Å². The summed E-state index contributed by atoms with van der Waals surface area (Å²) in [6.45, 7) is 2.01. The molecular weight excluding hydrogens is 338 g/mol. The minimum atomic E-state index is 0.128. The van der Waals surface area contributed by atoms with Crippen LogP contribution in [0.3, 0.4) is 0 Å². The molecule has 1 aromatic rings. The monoisotopic (exact) mass is 352 g/mol. The molecule has 0 N–H and O–H groups in total. The molecule has 2 rings (SSSR count). The van der Waals surface area contributed by atoms with Crippen LogP contribution in [-0.4, -0.2) is 23.2 Å². The molecule has 1 aromatic heterocycles. The van der Waals surface area contributed by atoms with Crippen LogP contribution in [0.2, 0.25) is 5.15 Å². The summed E-state index contributed by atoms with van der Waals surface area (Å²) in [5.41, 5.74) is 1.12. The smallest absolute Gasteiger partial charge is 0.146 e. The van der Waals surface area contributed by atoms with Crippen LogP contribution in [0.4, 0.5) is 0 Å². The van der Waals surface area contributed by atoms with Crippen molar-refractivity contribution in [1.29, 1.82) is 0 Å². The Bertz CT molecular complexity index is 396. The molecule has 0 bridgehead atoms. The average molecular weight is 353 g/mol. The van der Waals surface area contributed by atoms with E-state index in [0.717, 1.165) is 15.1 Å². The van der Waals surface area contributed by atoms with Gasteiger partial charge < -0.3 is 4.74 Å². The molecule has 1 aliphatic carbocycles. The lowest BCUT2D eigenvalue weighted by atomic mass is 10.2. The summed E-state index contributed by atoms with van der Waals surface area (Å²) in [5.74, 6) is 1.39. The topological polar surface area (TPSA) is 35.0 Å². The lowest BCUT2D eigenvalue weighted by Gasteiger charge is -2.10. The lowest BCUT2D eigenvalue weighted by molar-refractivity contribution is 0.117. The van der Waals surface area contributed by atoms with Crippen molar-refractivity contribution < 1.29 is 4.74 Å². The highest BCUT2D eigenvalue weighted by molar-refractivity contribution is 14.1. The first kappa shape index (κ1) is 12.5. The second-order valence-corrected chi connectivity index (χ2v) is 5.59. The van der Waals surface area contributed by atoms with Crippen molar-refractivity contribution in [2.45, 2.75) is 38.2 Å². The first-order chi connectivity index (χ1) is 7.61. The van der Waals surface area contributed by atoms with Gasteiger partial charge in [0.1, 0.15) is 11.0 Å². The van der Waals surface area contributed by atoms with Crippen LogP contribution in [0.1, 0.15) is 37.2 Å². The van der Waals surface area contributed by atoms with Crippen molar-refractivity contribution in [3.63, 3.8) is 0 Å². The van der Waals surface area contributed by atoms with Gasteiger partial charge in [-0.15, -0.1) is 0 Å². The Balaban J connectivity index is 2.25. The van der Waals surface area contributed by atoms with E-state index in [1.807, 2.05) is 6.92 Å². The standard InChI is InChI=1S/C11H14ClIN2O/c1-6(16-2)5-8-14-10(7-3-4-7)9(13)11(12)15-8/h6-7H,3-5H2,1-2H3. The van der Waals surface area contributed by atoms with Gasteiger partial charge in [0.2, 0.25) is 0 Å². The number of ether oxygens (including phenoxy) is 1. The molecule has 88 valence electrons. The lowest BCUT2D eigenvalue weighted by Crippen LogP contribution is -2.13. The maximum absolute atomic E-state index is 6.12. The summed E-state index contributed by atoms with van der Waals surface area (Å²) >= 11 is 8.35. The van der Waals surface area contributed by atoms with E-state index in [1.165, 1.54) is 12.8 Å². The Hall–Kier alpha value is 0.0600. The number of rotatable bonds is 4. The molecule has 0 saturated heterocycles. The maximum atomic E-state index is 6.12. The van der Waals surface area contributed by atoms with Crippen LogP contribution in [-0.2, 0) is 11.2 Å². The molecule has 0 aliphatic heterocycles. The average Bonchev–Trinajstić information content (AvgIpc) is 3.06. The molecule has 1 fully saturated rings. The van der Waals surface area contributed by atoms with Crippen LogP contribution >= 0.6 is 34.2 Å². The van der Waals surface area contributed by atoms with Gasteiger partial charge >= 0.3 is 0 Å². The Labute approximate surface area is 114 Å². The SMILES string of the molecule is COC(C)Cc1nc(Cl)c(I)c(C2CC2)n1. The van der Waals surface area contributed by atoms with Gasteiger partial charge in [-0.25, -0.2) is 9.97 Å². The Morgan fingerprint density at radius 2 is 2.19 bits per heavy atom. The van der Waals surface area contributed by atoms with Gasteiger partial charge in [0.25, 0.3) is 0 Å². The summed E-state index contributed by atoms with van der Waals surface area (Å²) in [4.78, 5) is 8.90. The highest BCUT2D eigenvalue weighted by Gasteiger charge is 2.29. The van der Waals surface area contributed by atoms with Crippen LogP contribution < -0.4 is 0 Å². The van der Waals surface area contributed by atoms with Gasteiger partial charge in [0.05, 0.1) is 15.4 Å². The van der Waals surface area contributed by atoms with Gasteiger partial charge in [0, 0.05) is 19.4 Å². The zero-order valence-corrected chi connectivity index (χ0v) is 12.2. The Kier molecular flexibility index (Phi) is 4.02. The van der Waals surface area contributed by atoms with E-state index < -0.39 is 0 Å². The summed E-state index contributed by atoms with van der Waals surface area (Å²) < 4.78 is 6.23. The van der Waals surface area contributed by atoms with Crippen LogP contribution in [0.25, 0.3) is 0 Å². The number of nitrogens with zero attached hydrogens (tertiary/aromatic N) is 2. The van der Waals surface area contributed by atoms with Crippen molar-refractivity contribution >= 4 is 34.2 Å². The van der Waals surface area contributed by atoms with Crippen molar-refractivity contribution in [2.24, 2.45) is 0 Å². The van der Waals surface area contributed by atoms with E-state index in [2.05, 4.69) is 32.6 Å². The predicted octanol–water partition coefficient (Wildman–Crippen LogP) is 3.19. The number of hydrogen-bond donors (Lipinski definition) is 0. The van der Waals surface area contributed by atoms with Gasteiger partial charge in [-0.1, -0.05) is 11.6 Å². The minimum Gasteiger partial charge on any atom is -0.381 e. The van der Waals surface area contributed by atoms with Crippen LogP contribution in [0.15, 0.2) is 0 Å². The fourth-order valence-electron chi connectivity index (χ4n) is 1.54. The van der Waals surface area contributed by atoms with Crippen molar-refractivity contribution in [2.75, 3.05) is 7.11 Å². The fourth-order valence-corrected chi connectivity index (χ4v) is 2.42. The van der Waals surface area contributed by atoms with Gasteiger partial charge in [-0.3, -0.25) is 0 Å². The molecule has 1 saturated carbocycles. The van der Waals surface area contributed by atoms with Crippen molar-refractivity contribution in [3.05, 3.63) is 20.2 Å². The molecule has 0 spiro atoms. The number of hydrogen-bond acceptors (Lipinski definition) is 3. The third-order valence-electron chi connectivity index (χ3n) is 2.72. The fraction of sp³-hybridized carbons (Fsp3) is 0.636. The molecule has 1 unspecified atom stereocenters. The molecule has 0 aromatic carbocycles. The summed E-state index contributed by atoms with van der Waals surface area (Å²) in [6.07, 6.45) is 3.29. The summed E-state index contributed by atoms with van der Waals surface area (Å²) in [5, 5.41) is 0.579. The number of aromatic nitrogens is 2. The van der Waals surface area contributed by atoms with Crippen molar-refractivity contribution in [1.82, 2.24) is 9.97 Å². The molecule has 0 amide bonds. The van der Waals surface area contributed by atoms with Crippen molar-refractivity contribution in [3.8, 4) is 0 Å². The van der Waals surface area contributed by atoms with Crippen LogP contribution in [0.5, 0.6) is 0 Å². The number of methoxy groups -OCH3 is 1. The zero-order valence-electron chi connectivity index (χ0n) is 9.33. The van der Waals surface area contributed by atoms with Gasteiger partial charge in [0.15, 0.2) is 0 Å². The molecule has 3 nitrogen and oxygen atoms in total. The molecule has 0 radical (unpaired) electrons. The second-order valence-electron chi connectivity index (χ2n) is 4.15. The predicted molar refractivity (Wildman–Crippen MR) is 71.9 cm³/mol. The molecule has 1 aliphatic rings. The molecule has 16 heavy (non-hydrogen) atoms. The third kappa shape index (κ3) is 2.84. The Morgan fingerprint density at radius 3 is 2.75 bits per heavy atom. The van der Waals surface area contributed by atoms with Gasteiger partial charge in [-0.05, 0) is 42.4 Å². The van der Waals surface area contributed by atoms with Crippen LogP contribution in [0, 0.1) is 3.57 Å². The molecular formula is C11H14ClIN2O. The summed E-state index contributed by atoms with van der Waals surface area (Å²) in [7, 11) is 1.70. The largest absolute Gasteiger partial charge is 0.381 e. The summed E-state index contributed by atoms with van der Waals surface area (Å²) in [6, 6.07) is 0. The quantitative estimate of drug-likeness (QED) is 0.616. The second kappa shape index (κ2) is 5.14. The zero-order chi connectivity index (χ0) is 11.7. The van der Waals surface area contributed by atoms with E-state index in [4.69, 9.17) is 16.3 Å². The normalized spacial score (nSPS) is 17.5. The first-order valence-corrected chi connectivity index (χ1v) is 6.82. The molecule has 1 atom stereocenters. The molecule has 1 heterocycles. The Morgan fingerprint density at radius 1 is 1.50 bits per heavy atom.